The minimum Gasteiger partial charge on any atom is -0.345 e. The van der Waals surface area contributed by atoms with Gasteiger partial charge in [-0.3, -0.25) is 0 Å². The Bertz CT molecular complexity index is 158. The van der Waals surface area contributed by atoms with Gasteiger partial charge in [0.1, 0.15) is 5.82 Å². The molecular weight excluding hydrogens is 144 g/mol. The maximum Gasteiger partial charge on any atom is 0.129 e. The maximum absolute atomic E-state index is 3.86. The topological polar surface area (TPSA) is 28.7 Å². The van der Waals surface area contributed by atoms with Crippen LogP contribution < -0.4 is 0 Å². The van der Waals surface area contributed by atoms with Gasteiger partial charge in [-0.2, -0.15) is 11.8 Å². The molecule has 1 N–H and O–H groups in total. The van der Waals surface area contributed by atoms with Gasteiger partial charge in [0.25, 0.3) is 0 Å². The lowest BCUT2D eigenvalue weighted by molar-refractivity contribution is 1.27. The minimum absolute atomic E-state index is 0.819. The number of hydrogen-bond donors (Lipinski definition) is 1. The molecule has 0 spiro atoms. The second-order valence-electron chi connectivity index (χ2n) is 1.59. The summed E-state index contributed by atoms with van der Waals surface area (Å²) in [5.74, 6) is 0.819. The number of aromatic nitrogens is 2. The van der Waals surface area contributed by atoms with Crippen molar-refractivity contribution in [2.45, 2.75) is 0 Å². The summed E-state index contributed by atoms with van der Waals surface area (Å²) in [7, 11) is 0. The van der Waals surface area contributed by atoms with Gasteiger partial charge >= 0.3 is 0 Å². The Hall–Kier alpha value is -0.700. The van der Waals surface area contributed by atoms with E-state index in [1.165, 1.54) is 0 Å². The molecule has 1 heterocycles. The Labute approximate surface area is 65.8 Å². The Morgan fingerprint density at radius 1 is 1.70 bits per heavy atom. The molecule has 2 nitrogen and oxygen atoms in total. The first-order chi connectivity index (χ1) is 4.85. The lowest BCUT2D eigenvalue weighted by Gasteiger charge is -1.73. The summed E-state index contributed by atoms with van der Waals surface area (Å²) in [5.41, 5.74) is 0. The molecule has 3 heteroatoms. The van der Waals surface area contributed by atoms with E-state index in [9.17, 15) is 0 Å². The van der Waals surface area contributed by atoms with E-state index in [1.54, 1.807) is 30.2 Å². The van der Waals surface area contributed by atoms with Crippen LogP contribution >= 0.6 is 11.8 Å². The molecule has 0 atom stereocenters. The highest BCUT2D eigenvalue weighted by molar-refractivity contribution is 7.97. The number of nitrogens with one attached hydrogen (secondary N) is 1. The molecule has 0 saturated carbocycles. The number of rotatable bonds is 1. The molecule has 0 aliphatic heterocycles. The number of aromatic amines is 1. The summed E-state index contributed by atoms with van der Waals surface area (Å²) >= 11 is 1.75. The first-order valence-corrected chi connectivity index (χ1v) is 4.50. The summed E-state index contributed by atoms with van der Waals surface area (Å²) < 4.78 is 0. The molecule has 1 aromatic heterocycles. The highest BCUT2D eigenvalue weighted by atomic mass is 32.2. The van der Waals surface area contributed by atoms with Crippen molar-refractivity contribution in [1.29, 1.82) is 0 Å². The first-order valence-electron chi connectivity index (χ1n) is 2.87. The van der Waals surface area contributed by atoms with E-state index < -0.39 is 0 Å². The number of nitrogens with zero attached hydrogens (tertiary/aromatic N) is 1. The van der Waals surface area contributed by atoms with Gasteiger partial charge in [-0.25, -0.2) is 4.98 Å². The molecule has 0 aromatic carbocycles. The third kappa shape index (κ3) is 4.21. The third-order valence-electron chi connectivity index (χ3n) is 0.713. The van der Waals surface area contributed by atoms with Crippen LogP contribution in [0.4, 0.5) is 0 Å². The molecule has 0 radical (unpaired) electrons. The Kier molecular flexibility index (Phi) is 5.97. The molecule has 1 rings (SSSR count). The zero-order chi connectivity index (χ0) is 7.82. The highest BCUT2D eigenvalue weighted by Gasteiger charge is 1.78. The van der Waals surface area contributed by atoms with Crippen molar-refractivity contribution in [3.63, 3.8) is 0 Å². The van der Waals surface area contributed by atoms with Crippen LogP contribution in [0.25, 0.3) is 6.08 Å². The SMILES string of the molecule is C=Cc1ncc[nH]1.CSC. The van der Waals surface area contributed by atoms with Crippen LogP contribution in [-0.2, 0) is 0 Å². The fourth-order valence-electron chi connectivity index (χ4n) is 0.389. The monoisotopic (exact) mass is 156 g/mol. The summed E-state index contributed by atoms with van der Waals surface area (Å²) in [6.45, 7) is 3.51. The third-order valence-corrected chi connectivity index (χ3v) is 0.713. The minimum atomic E-state index is 0.819. The van der Waals surface area contributed by atoms with Crippen molar-refractivity contribution in [3.05, 3.63) is 24.8 Å². The van der Waals surface area contributed by atoms with Gasteiger partial charge in [0.15, 0.2) is 0 Å². The fourth-order valence-corrected chi connectivity index (χ4v) is 0.389. The lowest BCUT2D eigenvalue weighted by atomic mass is 10.6. The van der Waals surface area contributed by atoms with Gasteiger partial charge in [-0.05, 0) is 18.6 Å². The lowest BCUT2D eigenvalue weighted by Crippen LogP contribution is -1.67. The van der Waals surface area contributed by atoms with Gasteiger partial charge in [0.05, 0.1) is 0 Å². The van der Waals surface area contributed by atoms with Crippen molar-refractivity contribution in [2.24, 2.45) is 0 Å². The van der Waals surface area contributed by atoms with Crippen molar-refractivity contribution in [1.82, 2.24) is 9.97 Å². The number of thioether (sulfide) groups is 1. The van der Waals surface area contributed by atoms with Crippen LogP contribution in [0.15, 0.2) is 19.0 Å². The zero-order valence-electron chi connectivity index (χ0n) is 6.29. The van der Waals surface area contributed by atoms with Crippen molar-refractivity contribution in [3.8, 4) is 0 Å². The molecule has 0 fully saturated rings. The maximum atomic E-state index is 3.86. The highest BCUT2D eigenvalue weighted by Crippen LogP contribution is 1.85. The summed E-state index contributed by atoms with van der Waals surface area (Å²) in [5, 5.41) is 0. The molecule has 56 valence electrons. The second-order valence-corrected chi connectivity index (χ2v) is 2.40. The Morgan fingerprint density at radius 2 is 2.30 bits per heavy atom. The number of hydrogen-bond acceptors (Lipinski definition) is 2. The van der Waals surface area contributed by atoms with E-state index in [0.717, 1.165) is 5.82 Å². The zero-order valence-corrected chi connectivity index (χ0v) is 7.11. The number of imidazole rings is 1. The number of H-pyrrole nitrogens is 1. The molecule has 0 saturated heterocycles. The van der Waals surface area contributed by atoms with Crippen LogP contribution in [0.1, 0.15) is 5.82 Å². The first kappa shape index (κ1) is 9.30. The molecule has 1 aromatic rings. The largest absolute Gasteiger partial charge is 0.345 e. The summed E-state index contributed by atoms with van der Waals surface area (Å²) in [6, 6.07) is 0. The standard InChI is InChI=1S/C5H6N2.C2H6S/c1-2-5-6-3-4-7-5;1-3-2/h2-4H,1H2,(H,6,7);1-2H3. The second kappa shape index (κ2) is 6.42. The van der Waals surface area contributed by atoms with Crippen LogP contribution in [0.2, 0.25) is 0 Å². The summed E-state index contributed by atoms with van der Waals surface area (Å²) in [4.78, 5) is 6.72. The molecule has 0 unspecified atom stereocenters. The molecule has 0 bridgehead atoms. The molecular formula is C7H12N2S. The Balaban J connectivity index is 0.000000236. The molecule has 0 amide bonds. The van der Waals surface area contributed by atoms with Gasteiger partial charge in [0, 0.05) is 12.4 Å². The molecule has 10 heavy (non-hydrogen) atoms. The predicted octanol–water partition coefficient (Wildman–Crippen LogP) is 2.03. The fraction of sp³-hybridized carbons (Fsp3) is 0.286. The van der Waals surface area contributed by atoms with Gasteiger partial charge in [-0.1, -0.05) is 6.58 Å². The van der Waals surface area contributed by atoms with Crippen LogP contribution in [0.3, 0.4) is 0 Å². The van der Waals surface area contributed by atoms with E-state index in [2.05, 4.69) is 16.5 Å². The quantitative estimate of drug-likeness (QED) is 0.674. The Morgan fingerprint density at radius 3 is 2.50 bits per heavy atom. The van der Waals surface area contributed by atoms with E-state index in [4.69, 9.17) is 0 Å². The normalized spacial score (nSPS) is 7.80. The van der Waals surface area contributed by atoms with E-state index in [1.807, 2.05) is 12.5 Å². The van der Waals surface area contributed by atoms with Crippen molar-refractivity contribution >= 4 is 17.8 Å². The molecule has 0 aliphatic carbocycles. The van der Waals surface area contributed by atoms with Crippen LogP contribution in [0.5, 0.6) is 0 Å². The van der Waals surface area contributed by atoms with Crippen molar-refractivity contribution < 1.29 is 0 Å². The van der Waals surface area contributed by atoms with Gasteiger partial charge in [0.2, 0.25) is 0 Å². The predicted molar refractivity (Wildman–Crippen MR) is 48.1 cm³/mol. The summed E-state index contributed by atoms with van der Waals surface area (Å²) in [6.07, 6.45) is 9.20. The van der Waals surface area contributed by atoms with Crippen LogP contribution in [-0.4, -0.2) is 22.5 Å². The van der Waals surface area contributed by atoms with Gasteiger partial charge < -0.3 is 4.98 Å². The average Bonchev–Trinajstić information content (AvgIpc) is 2.39. The molecule has 0 aliphatic rings. The van der Waals surface area contributed by atoms with E-state index in [0.29, 0.717) is 0 Å². The van der Waals surface area contributed by atoms with Crippen molar-refractivity contribution in [2.75, 3.05) is 12.5 Å². The van der Waals surface area contributed by atoms with E-state index in [-0.39, 0.29) is 0 Å². The smallest absolute Gasteiger partial charge is 0.129 e. The average molecular weight is 156 g/mol. The van der Waals surface area contributed by atoms with E-state index >= 15 is 0 Å². The van der Waals surface area contributed by atoms with Gasteiger partial charge in [-0.15, -0.1) is 0 Å². The van der Waals surface area contributed by atoms with Crippen LogP contribution in [0, 0.1) is 0 Å².